The number of imidazole rings is 1. The second kappa shape index (κ2) is 7.73. The molecule has 2 saturated heterocycles. The number of aromatic amines is 1. The Balaban J connectivity index is 1.43. The predicted octanol–water partition coefficient (Wildman–Crippen LogP) is 2.20. The van der Waals surface area contributed by atoms with E-state index in [-0.39, 0.29) is 17.2 Å². The molecule has 2 fully saturated rings. The standard InChI is InChI=1S/C21H27N5O2/c1-16-13-23-19(24-16)20(28)26-11-4-8-21(15-26)9-6-18(27)25(14-21)12-7-17-5-2-3-10-22-17/h2-3,5,10,13H,4,6-9,11-12,14-15H2,1H3,(H,23,24). The zero-order valence-corrected chi connectivity index (χ0v) is 16.4. The Labute approximate surface area is 165 Å². The number of H-pyrrole nitrogens is 1. The lowest BCUT2D eigenvalue weighted by atomic mass is 9.73. The van der Waals surface area contributed by atoms with Gasteiger partial charge in [0.2, 0.25) is 5.91 Å². The maximum atomic E-state index is 12.8. The summed E-state index contributed by atoms with van der Waals surface area (Å²) in [5, 5.41) is 0. The fraction of sp³-hybridized carbons (Fsp3) is 0.524. The summed E-state index contributed by atoms with van der Waals surface area (Å²) in [5.41, 5.74) is 1.88. The van der Waals surface area contributed by atoms with E-state index in [1.807, 2.05) is 34.9 Å². The van der Waals surface area contributed by atoms with Gasteiger partial charge in [0.15, 0.2) is 5.82 Å². The molecule has 4 heterocycles. The molecule has 2 aromatic rings. The number of rotatable bonds is 4. The Kier molecular flexibility index (Phi) is 5.15. The summed E-state index contributed by atoms with van der Waals surface area (Å²) in [6.07, 6.45) is 7.67. The molecule has 7 heteroatoms. The summed E-state index contributed by atoms with van der Waals surface area (Å²) in [4.78, 5) is 40.8. The third-order valence-corrected chi connectivity index (χ3v) is 5.97. The van der Waals surface area contributed by atoms with Gasteiger partial charge in [0.05, 0.1) is 0 Å². The van der Waals surface area contributed by atoms with Crippen molar-refractivity contribution in [2.75, 3.05) is 26.2 Å². The van der Waals surface area contributed by atoms with Crippen LogP contribution in [0.15, 0.2) is 30.6 Å². The number of carbonyl (C=O) groups is 2. The summed E-state index contributed by atoms with van der Waals surface area (Å²) in [7, 11) is 0. The first-order chi connectivity index (χ1) is 13.5. The van der Waals surface area contributed by atoms with Gasteiger partial charge in [-0.1, -0.05) is 6.07 Å². The monoisotopic (exact) mass is 381 g/mol. The number of likely N-dealkylation sites (tertiary alicyclic amines) is 2. The Bertz CT molecular complexity index is 849. The van der Waals surface area contributed by atoms with Crippen LogP contribution < -0.4 is 0 Å². The van der Waals surface area contributed by atoms with Gasteiger partial charge in [-0.2, -0.15) is 0 Å². The molecule has 0 bridgehead atoms. The van der Waals surface area contributed by atoms with Crippen LogP contribution in [0.5, 0.6) is 0 Å². The maximum Gasteiger partial charge on any atom is 0.289 e. The fourth-order valence-electron chi connectivity index (χ4n) is 4.49. The van der Waals surface area contributed by atoms with Gasteiger partial charge in [-0.3, -0.25) is 14.6 Å². The van der Waals surface area contributed by atoms with Gasteiger partial charge in [0.25, 0.3) is 5.91 Å². The molecule has 4 rings (SSSR count). The number of aryl methyl sites for hydroxylation is 1. The fourth-order valence-corrected chi connectivity index (χ4v) is 4.49. The van der Waals surface area contributed by atoms with Crippen molar-refractivity contribution < 1.29 is 9.59 Å². The van der Waals surface area contributed by atoms with E-state index in [9.17, 15) is 9.59 Å². The molecule has 2 aliphatic heterocycles. The number of piperidine rings is 2. The van der Waals surface area contributed by atoms with Gasteiger partial charge < -0.3 is 14.8 Å². The number of pyridine rings is 1. The molecule has 1 atom stereocenters. The van der Waals surface area contributed by atoms with Crippen LogP contribution >= 0.6 is 0 Å². The SMILES string of the molecule is Cc1cnc(C(=O)N2CCCC3(CCC(=O)N(CCc4ccccn4)C3)C2)[nH]1. The normalized spacial score (nSPS) is 22.7. The zero-order chi connectivity index (χ0) is 19.6. The molecule has 1 spiro atoms. The first kappa shape index (κ1) is 18.7. The number of nitrogens with zero attached hydrogens (tertiary/aromatic N) is 4. The number of nitrogens with one attached hydrogen (secondary N) is 1. The maximum absolute atomic E-state index is 12.8. The Hall–Kier alpha value is -2.70. The predicted molar refractivity (Wildman–Crippen MR) is 105 cm³/mol. The first-order valence-electron chi connectivity index (χ1n) is 10.0. The van der Waals surface area contributed by atoms with Gasteiger partial charge >= 0.3 is 0 Å². The number of amides is 2. The lowest BCUT2D eigenvalue weighted by molar-refractivity contribution is -0.138. The first-order valence-corrected chi connectivity index (χ1v) is 10.0. The van der Waals surface area contributed by atoms with E-state index in [2.05, 4.69) is 15.0 Å². The van der Waals surface area contributed by atoms with E-state index in [1.165, 1.54) is 0 Å². The number of hydrogen-bond acceptors (Lipinski definition) is 4. The minimum atomic E-state index is -0.0379. The van der Waals surface area contributed by atoms with Crippen molar-refractivity contribution in [3.63, 3.8) is 0 Å². The van der Waals surface area contributed by atoms with E-state index >= 15 is 0 Å². The minimum absolute atomic E-state index is 0.00638. The van der Waals surface area contributed by atoms with Gasteiger partial charge in [0.1, 0.15) is 0 Å². The van der Waals surface area contributed by atoms with Crippen LogP contribution in [-0.2, 0) is 11.2 Å². The Morgan fingerprint density at radius 3 is 2.89 bits per heavy atom. The quantitative estimate of drug-likeness (QED) is 0.880. The summed E-state index contributed by atoms with van der Waals surface area (Å²) in [6, 6.07) is 5.87. The number of carbonyl (C=O) groups excluding carboxylic acids is 2. The molecule has 1 unspecified atom stereocenters. The molecule has 1 N–H and O–H groups in total. The average molecular weight is 381 g/mol. The van der Waals surface area contributed by atoms with Crippen LogP contribution in [0.4, 0.5) is 0 Å². The van der Waals surface area contributed by atoms with Crippen molar-refractivity contribution in [1.82, 2.24) is 24.8 Å². The van der Waals surface area contributed by atoms with Crippen LogP contribution in [0, 0.1) is 12.3 Å². The molecule has 28 heavy (non-hydrogen) atoms. The lowest BCUT2D eigenvalue weighted by Crippen LogP contribution is -2.55. The average Bonchev–Trinajstić information content (AvgIpc) is 3.15. The Morgan fingerprint density at radius 1 is 1.25 bits per heavy atom. The molecule has 0 aromatic carbocycles. The highest BCUT2D eigenvalue weighted by atomic mass is 16.2. The van der Waals surface area contributed by atoms with E-state index in [4.69, 9.17) is 0 Å². The van der Waals surface area contributed by atoms with Crippen molar-refractivity contribution in [3.05, 3.63) is 47.8 Å². The molecule has 148 valence electrons. The molecular weight excluding hydrogens is 354 g/mol. The van der Waals surface area contributed by atoms with Crippen molar-refractivity contribution in [2.24, 2.45) is 5.41 Å². The van der Waals surface area contributed by atoms with Gasteiger partial charge in [-0.05, 0) is 38.3 Å². The summed E-state index contributed by atoms with van der Waals surface area (Å²) >= 11 is 0. The molecule has 0 radical (unpaired) electrons. The molecule has 2 amide bonds. The molecule has 0 aliphatic carbocycles. The highest BCUT2D eigenvalue weighted by Crippen LogP contribution is 2.39. The third-order valence-electron chi connectivity index (χ3n) is 5.97. The van der Waals surface area contributed by atoms with Crippen molar-refractivity contribution in [3.8, 4) is 0 Å². The van der Waals surface area contributed by atoms with Crippen LogP contribution in [0.1, 0.15) is 47.7 Å². The largest absolute Gasteiger partial charge is 0.342 e. The smallest absolute Gasteiger partial charge is 0.289 e. The summed E-state index contributed by atoms with van der Waals surface area (Å²) in [6.45, 7) is 4.75. The zero-order valence-electron chi connectivity index (χ0n) is 16.4. The van der Waals surface area contributed by atoms with Crippen LogP contribution in [0.25, 0.3) is 0 Å². The number of aromatic nitrogens is 3. The van der Waals surface area contributed by atoms with Crippen molar-refractivity contribution in [1.29, 1.82) is 0 Å². The van der Waals surface area contributed by atoms with Gasteiger partial charge in [-0.25, -0.2) is 4.98 Å². The van der Waals surface area contributed by atoms with Crippen LogP contribution in [-0.4, -0.2) is 62.7 Å². The molecule has 0 saturated carbocycles. The second-order valence-corrected chi connectivity index (χ2v) is 8.13. The third kappa shape index (κ3) is 3.93. The molecular formula is C21H27N5O2. The van der Waals surface area contributed by atoms with Crippen molar-refractivity contribution >= 4 is 11.8 Å². The van der Waals surface area contributed by atoms with E-state index in [1.54, 1.807) is 12.4 Å². The minimum Gasteiger partial charge on any atom is -0.342 e. The van der Waals surface area contributed by atoms with Gasteiger partial charge in [-0.15, -0.1) is 0 Å². The van der Waals surface area contributed by atoms with Crippen LogP contribution in [0.2, 0.25) is 0 Å². The van der Waals surface area contributed by atoms with Gasteiger partial charge in [0, 0.05) is 68.2 Å². The van der Waals surface area contributed by atoms with E-state index in [0.29, 0.717) is 25.3 Å². The highest BCUT2D eigenvalue weighted by Gasteiger charge is 2.43. The summed E-state index contributed by atoms with van der Waals surface area (Å²) in [5.74, 6) is 0.587. The summed E-state index contributed by atoms with van der Waals surface area (Å²) < 4.78 is 0. The number of hydrogen-bond donors (Lipinski definition) is 1. The highest BCUT2D eigenvalue weighted by molar-refractivity contribution is 5.90. The second-order valence-electron chi connectivity index (χ2n) is 8.13. The molecule has 2 aliphatic rings. The van der Waals surface area contributed by atoms with Crippen molar-refractivity contribution in [2.45, 2.75) is 39.0 Å². The molecule has 7 nitrogen and oxygen atoms in total. The van der Waals surface area contributed by atoms with E-state index < -0.39 is 0 Å². The van der Waals surface area contributed by atoms with E-state index in [0.717, 1.165) is 50.2 Å². The molecule has 2 aromatic heterocycles. The van der Waals surface area contributed by atoms with Crippen LogP contribution in [0.3, 0.4) is 0 Å². The Morgan fingerprint density at radius 2 is 2.14 bits per heavy atom. The lowest BCUT2D eigenvalue weighted by Gasteiger charge is -2.48. The topological polar surface area (TPSA) is 82.2 Å².